The van der Waals surface area contributed by atoms with Crippen molar-refractivity contribution in [3.05, 3.63) is 105 Å². The van der Waals surface area contributed by atoms with Gasteiger partial charge in [0.25, 0.3) is 11.5 Å². The van der Waals surface area contributed by atoms with Gasteiger partial charge in [0.15, 0.2) is 5.16 Å². The normalized spacial score (nSPS) is 11.0. The number of rotatable bonds is 8. The zero-order chi connectivity index (χ0) is 23.2. The molecule has 1 aromatic heterocycles. The molecule has 0 bridgehead atoms. The zero-order valence-electron chi connectivity index (χ0n) is 18.9. The van der Waals surface area contributed by atoms with Gasteiger partial charge in [0.05, 0.1) is 17.4 Å². The Balaban J connectivity index is 1.64. The van der Waals surface area contributed by atoms with Crippen LogP contribution in [0.15, 0.2) is 82.7 Å². The highest BCUT2D eigenvalue weighted by Crippen LogP contribution is 2.23. The Kier molecular flexibility index (Phi) is 7.25. The summed E-state index contributed by atoms with van der Waals surface area (Å²) in [5, 5.41) is 4.17. The topological polar surface area (TPSA) is 64.0 Å². The Morgan fingerprint density at radius 2 is 1.79 bits per heavy atom. The molecular formula is C27H27N3O2S. The Bertz CT molecular complexity index is 1330. The third-order valence-corrected chi connectivity index (χ3v) is 6.42. The lowest BCUT2D eigenvalue weighted by Crippen LogP contribution is -2.25. The van der Waals surface area contributed by atoms with Gasteiger partial charge in [-0.15, -0.1) is 0 Å². The number of aryl methyl sites for hydroxylation is 1. The number of aromatic nitrogens is 2. The molecule has 3 aromatic carbocycles. The second kappa shape index (κ2) is 10.5. The van der Waals surface area contributed by atoms with Crippen molar-refractivity contribution in [1.82, 2.24) is 14.9 Å². The van der Waals surface area contributed by atoms with Crippen molar-refractivity contribution in [3.8, 4) is 0 Å². The van der Waals surface area contributed by atoms with Crippen LogP contribution in [0.4, 0.5) is 0 Å². The molecule has 0 fully saturated rings. The third kappa shape index (κ3) is 5.52. The van der Waals surface area contributed by atoms with E-state index in [0.29, 0.717) is 34.7 Å². The van der Waals surface area contributed by atoms with E-state index < -0.39 is 0 Å². The summed E-state index contributed by atoms with van der Waals surface area (Å²) in [5.41, 5.74) is 4.60. The molecule has 1 N–H and O–H groups in total. The number of nitrogens with one attached hydrogen (secondary N) is 1. The summed E-state index contributed by atoms with van der Waals surface area (Å²) in [6.07, 6.45) is 0.894. The first-order valence-electron chi connectivity index (χ1n) is 11.1. The van der Waals surface area contributed by atoms with Crippen LogP contribution in [-0.2, 0) is 12.3 Å². The molecule has 0 radical (unpaired) electrons. The van der Waals surface area contributed by atoms with E-state index in [4.69, 9.17) is 4.98 Å². The Morgan fingerprint density at radius 3 is 2.55 bits per heavy atom. The predicted molar refractivity (Wildman–Crippen MR) is 135 cm³/mol. The number of benzene rings is 3. The monoisotopic (exact) mass is 457 g/mol. The fourth-order valence-corrected chi connectivity index (χ4v) is 4.57. The fourth-order valence-electron chi connectivity index (χ4n) is 3.63. The molecule has 0 spiro atoms. The average molecular weight is 458 g/mol. The van der Waals surface area contributed by atoms with Crippen LogP contribution in [0.5, 0.6) is 0 Å². The van der Waals surface area contributed by atoms with Gasteiger partial charge < -0.3 is 5.32 Å². The lowest BCUT2D eigenvalue weighted by Gasteiger charge is -2.14. The number of para-hydroxylation sites is 1. The van der Waals surface area contributed by atoms with Gasteiger partial charge in [-0.05, 0) is 48.7 Å². The molecule has 4 aromatic rings. The largest absolute Gasteiger partial charge is 0.352 e. The quantitative estimate of drug-likeness (QED) is 0.292. The molecule has 6 heteroatoms. The lowest BCUT2D eigenvalue weighted by atomic mass is 10.1. The Morgan fingerprint density at radius 1 is 1.00 bits per heavy atom. The van der Waals surface area contributed by atoms with E-state index in [0.717, 1.165) is 17.7 Å². The molecular weight excluding hydrogens is 430 g/mol. The van der Waals surface area contributed by atoms with E-state index in [1.165, 1.54) is 11.1 Å². The molecule has 0 aliphatic rings. The summed E-state index contributed by atoms with van der Waals surface area (Å²) >= 11 is 1.56. The van der Waals surface area contributed by atoms with Crippen LogP contribution in [0.1, 0.15) is 40.4 Å². The maximum Gasteiger partial charge on any atom is 0.262 e. The molecule has 0 saturated heterocycles. The number of hydrogen-bond acceptors (Lipinski definition) is 4. The summed E-state index contributed by atoms with van der Waals surface area (Å²) in [7, 11) is 0. The molecule has 0 saturated carbocycles. The minimum absolute atomic E-state index is 0.0582. The third-order valence-electron chi connectivity index (χ3n) is 5.37. The molecule has 1 heterocycles. The van der Waals surface area contributed by atoms with Gasteiger partial charge in [-0.3, -0.25) is 14.2 Å². The molecule has 0 aliphatic carbocycles. The highest BCUT2D eigenvalue weighted by atomic mass is 32.2. The zero-order valence-corrected chi connectivity index (χ0v) is 19.7. The number of nitrogens with zero attached hydrogens (tertiary/aromatic N) is 2. The van der Waals surface area contributed by atoms with Crippen LogP contribution in [0.25, 0.3) is 10.9 Å². The van der Waals surface area contributed by atoms with Crippen molar-refractivity contribution in [3.63, 3.8) is 0 Å². The smallest absolute Gasteiger partial charge is 0.262 e. The molecule has 33 heavy (non-hydrogen) atoms. The van der Waals surface area contributed by atoms with Crippen LogP contribution in [-0.4, -0.2) is 22.0 Å². The summed E-state index contributed by atoms with van der Waals surface area (Å²) in [6.45, 7) is 5.14. The van der Waals surface area contributed by atoms with Crippen LogP contribution < -0.4 is 10.9 Å². The molecule has 4 rings (SSSR count). The number of carbonyl (C=O) groups excluding carboxylic acids is 1. The first-order chi connectivity index (χ1) is 16.0. The standard InChI is InChI=1S/C27H27N3O2S/c1-3-15-28-25(31)22-13-11-20(12-14-22)17-30-26(32)23-9-4-5-10-24(23)29-27(30)33-18-21-8-6-7-19(2)16-21/h4-14,16H,3,15,17-18H2,1-2H3,(H,28,31). The summed E-state index contributed by atoms with van der Waals surface area (Å²) < 4.78 is 1.73. The van der Waals surface area contributed by atoms with Gasteiger partial charge in [0.1, 0.15) is 0 Å². The van der Waals surface area contributed by atoms with Crippen molar-refractivity contribution in [1.29, 1.82) is 0 Å². The van der Waals surface area contributed by atoms with Crippen molar-refractivity contribution < 1.29 is 4.79 Å². The first-order valence-corrected chi connectivity index (χ1v) is 12.1. The van der Waals surface area contributed by atoms with Crippen molar-refractivity contribution in [2.75, 3.05) is 6.54 Å². The fraction of sp³-hybridized carbons (Fsp3) is 0.222. The Labute approximate surface area is 197 Å². The van der Waals surface area contributed by atoms with Gasteiger partial charge in [-0.1, -0.05) is 72.8 Å². The number of thioether (sulfide) groups is 1. The van der Waals surface area contributed by atoms with Crippen molar-refractivity contribution in [2.24, 2.45) is 0 Å². The number of amides is 1. The number of fused-ring (bicyclic) bond motifs is 1. The maximum atomic E-state index is 13.4. The van der Waals surface area contributed by atoms with Gasteiger partial charge in [-0.2, -0.15) is 0 Å². The van der Waals surface area contributed by atoms with Crippen LogP contribution in [0.3, 0.4) is 0 Å². The predicted octanol–water partition coefficient (Wildman–Crippen LogP) is 5.19. The maximum absolute atomic E-state index is 13.4. The van der Waals surface area contributed by atoms with Crippen LogP contribution in [0, 0.1) is 6.92 Å². The highest BCUT2D eigenvalue weighted by Gasteiger charge is 2.13. The number of hydrogen-bond donors (Lipinski definition) is 1. The van der Waals surface area contributed by atoms with Crippen LogP contribution in [0.2, 0.25) is 0 Å². The Hall–Kier alpha value is -3.38. The SMILES string of the molecule is CCCNC(=O)c1ccc(Cn2c(SCc3cccc(C)c3)nc3ccccc3c2=O)cc1. The van der Waals surface area contributed by atoms with Gasteiger partial charge in [0.2, 0.25) is 0 Å². The molecule has 0 aliphatic heterocycles. The first kappa shape index (κ1) is 22.8. The molecule has 168 valence electrons. The minimum atomic E-state index is -0.0812. The van der Waals surface area contributed by atoms with E-state index in [1.54, 1.807) is 28.5 Å². The summed E-state index contributed by atoms with van der Waals surface area (Å²) in [6, 6.07) is 23.2. The molecule has 0 atom stereocenters. The van der Waals surface area contributed by atoms with E-state index in [9.17, 15) is 9.59 Å². The summed E-state index contributed by atoms with van der Waals surface area (Å²) in [5.74, 6) is 0.644. The van der Waals surface area contributed by atoms with Crippen molar-refractivity contribution in [2.45, 2.75) is 37.7 Å². The van der Waals surface area contributed by atoms with Gasteiger partial charge in [0, 0.05) is 17.9 Å². The van der Waals surface area contributed by atoms with E-state index >= 15 is 0 Å². The van der Waals surface area contributed by atoms with E-state index in [1.807, 2.05) is 49.4 Å². The van der Waals surface area contributed by atoms with E-state index in [-0.39, 0.29) is 11.5 Å². The minimum Gasteiger partial charge on any atom is -0.352 e. The highest BCUT2D eigenvalue weighted by molar-refractivity contribution is 7.98. The van der Waals surface area contributed by atoms with Gasteiger partial charge >= 0.3 is 0 Å². The van der Waals surface area contributed by atoms with Crippen molar-refractivity contribution >= 4 is 28.6 Å². The lowest BCUT2D eigenvalue weighted by molar-refractivity contribution is 0.0953. The summed E-state index contributed by atoms with van der Waals surface area (Å²) in [4.78, 5) is 30.4. The average Bonchev–Trinajstić information content (AvgIpc) is 2.83. The number of carbonyl (C=O) groups is 1. The molecule has 5 nitrogen and oxygen atoms in total. The van der Waals surface area contributed by atoms with Gasteiger partial charge in [-0.25, -0.2) is 4.98 Å². The molecule has 0 unspecified atom stereocenters. The van der Waals surface area contributed by atoms with E-state index in [2.05, 4.69) is 30.4 Å². The second-order valence-electron chi connectivity index (χ2n) is 8.03. The second-order valence-corrected chi connectivity index (χ2v) is 8.98. The molecule has 1 amide bonds. The van der Waals surface area contributed by atoms with Crippen LogP contribution >= 0.6 is 11.8 Å².